The molecule has 3 N–H and O–H groups in total. The number of urea groups is 1. The van der Waals surface area contributed by atoms with Crippen molar-refractivity contribution in [1.29, 1.82) is 0 Å². The summed E-state index contributed by atoms with van der Waals surface area (Å²) in [5.74, 6) is 5.15. The molecular formula is C23H34N4O5. The van der Waals surface area contributed by atoms with Crippen LogP contribution < -0.4 is 10.1 Å². The summed E-state index contributed by atoms with van der Waals surface area (Å²) in [6.45, 7) is 8.30. The molecule has 4 atom stereocenters. The molecule has 1 aliphatic heterocycles. The first-order valence-corrected chi connectivity index (χ1v) is 10.9. The van der Waals surface area contributed by atoms with Gasteiger partial charge >= 0.3 is 6.03 Å². The minimum atomic E-state index is -0.811. The zero-order chi connectivity index (χ0) is 23.8. The predicted octanol–water partition coefficient (Wildman–Crippen LogP) is 1.09. The van der Waals surface area contributed by atoms with E-state index in [2.05, 4.69) is 22.1 Å². The van der Waals surface area contributed by atoms with Crippen LogP contribution in [-0.2, 0) is 0 Å². The summed E-state index contributed by atoms with van der Waals surface area (Å²) >= 11 is 0. The summed E-state index contributed by atoms with van der Waals surface area (Å²) in [5.41, 5.74) is 0.706. The first-order valence-electron chi connectivity index (χ1n) is 10.9. The number of ether oxygens (including phenoxy) is 1. The van der Waals surface area contributed by atoms with E-state index in [4.69, 9.17) is 4.74 Å². The van der Waals surface area contributed by atoms with Crippen molar-refractivity contribution in [3.8, 4) is 17.7 Å². The zero-order valence-electron chi connectivity index (χ0n) is 19.5. The molecule has 0 radical (unpaired) electrons. The number of nitrogens with zero attached hydrogens (tertiary/aromatic N) is 3. The Labute approximate surface area is 189 Å². The lowest BCUT2D eigenvalue weighted by atomic mass is 10.00. The van der Waals surface area contributed by atoms with E-state index in [1.54, 1.807) is 36.8 Å². The lowest BCUT2D eigenvalue weighted by molar-refractivity contribution is 0.0352. The van der Waals surface area contributed by atoms with Crippen molar-refractivity contribution in [3.63, 3.8) is 0 Å². The molecular weight excluding hydrogens is 412 g/mol. The van der Waals surface area contributed by atoms with Gasteiger partial charge in [0.2, 0.25) is 5.88 Å². The second-order valence-corrected chi connectivity index (χ2v) is 8.26. The molecule has 9 heteroatoms. The van der Waals surface area contributed by atoms with Crippen LogP contribution in [0.1, 0.15) is 50.0 Å². The third kappa shape index (κ3) is 6.58. The largest absolute Gasteiger partial charge is 0.472 e. The van der Waals surface area contributed by atoms with E-state index < -0.39 is 18.2 Å². The van der Waals surface area contributed by atoms with Gasteiger partial charge in [0.1, 0.15) is 17.8 Å². The molecule has 1 aliphatic rings. The fourth-order valence-electron chi connectivity index (χ4n) is 3.30. The monoisotopic (exact) mass is 446 g/mol. The molecule has 2 rings (SSSR count). The van der Waals surface area contributed by atoms with E-state index in [9.17, 15) is 19.8 Å². The second kappa shape index (κ2) is 11.7. The lowest BCUT2D eigenvalue weighted by Gasteiger charge is -2.37. The van der Waals surface area contributed by atoms with E-state index in [1.165, 1.54) is 6.20 Å². The molecule has 2 heterocycles. The number of carbonyl (C=O) groups is 2. The minimum absolute atomic E-state index is 0.126. The molecule has 1 aromatic heterocycles. The molecule has 0 fully saturated rings. The van der Waals surface area contributed by atoms with Crippen LogP contribution >= 0.6 is 0 Å². The topological polar surface area (TPSA) is 115 Å². The number of carbonyl (C=O) groups excluding carboxylic acids is 2. The fraction of sp³-hybridized carbons (Fsp3) is 0.609. The number of amides is 3. The van der Waals surface area contributed by atoms with Gasteiger partial charge in [-0.2, -0.15) is 0 Å². The SMILES string of the molecule is CCCNC(=O)N(C)C[C@H]1Oc2ncc(C#C[C@H](C)O)cc2C(=O)N([C@@H](C)CO)C[C@H]1C. The molecule has 9 nitrogen and oxygen atoms in total. The summed E-state index contributed by atoms with van der Waals surface area (Å²) < 4.78 is 6.15. The average molecular weight is 447 g/mol. The van der Waals surface area contributed by atoms with Gasteiger partial charge in [0, 0.05) is 37.8 Å². The Bertz CT molecular complexity index is 864. The molecule has 1 aromatic rings. The Morgan fingerprint density at radius 2 is 2.19 bits per heavy atom. The highest BCUT2D eigenvalue weighted by molar-refractivity contribution is 5.97. The van der Waals surface area contributed by atoms with Gasteiger partial charge in [-0.1, -0.05) is 25.7 Å². The molecule has 0 unspecified atom stereocenters. The van der Waals surface area contributed by atoms with Gasteiger partial charge in [0.05, 0.1) is 19.2 Å². The fourth-order valence-corrected chi connectivity index (χ4v) is 3.30. The summed E-state index contributed by atoms with van der Waals surface area (Å²) in [6.07, 6.45) is 1.09. The van der Waals surface area contributed by atoms with Crippen molar-refractivity contribution in [3.05, 3.63) is 23.4 Å². The first-order chi connectivity index (χ1) is 15.2. The molecule has 3 amide bonds. The molecule has 0 saturated heterocycles. The zero-order valence-corrected chi connectivity index (χ0v) is 19.5. The standard InChI is InChI=1S/C23H34N4O5/c1-6-9-24-23(31)26(5)13-20-15(2)12-27(16(3)14-28)22(30)19-10-18(8-7-17(4)29)11-25-21(19)32-20/h10-11,15-17,20,28-29H,6,9,12-14H2,1-5H3,(H,24,31)/t15-,16+,17+,20-/m1/s1. The quantitative estimate of drug-likeness (QED) is 0.564. The third-order valence-corrected chi connectivity index (χ3v) is 5.27. The number of aromatic nitrogens is 1. The van der Waals surface area contributed by atoms with Gasteiger partial charge in [-0.05, 0) is 26.3 Å². The Morgan fingerprint density at radius 1 is 1.47 bits per heavy atom. The van der Waals surface area contributed by atoms with Crippen LogP contribution in [0.4, 0.5) is 4.79 Å². The van der Waals surface area contributed by atoms with Crippen molar-refractivity contribution in [2.75, 3.05) is 33.3 Å². The van der Waals surface area contributed by atoms with E-state index >= 15 is 0 Å². The summed E-state index contributed by atoms with van der Waals surface area (Å²) in [5, 5.41) is 22.0. The maximum atomic E-state index is 13.3. The summed E-state index contributed by atoms with van der Waals surface area (Å²) in [7, 11) is 1.70. The van der Waals surface area contributed by atoms with Crippen LogP contribution in [0.3, 0.4) is 0 Å². The van der Waals surface area contributed by atoms with Gasteiger partial charge in [-0.25, -0.2) is 9.78 Å². The molecule has 0 spiro atoms. The minimum Gasteiger partial charge on any atom is -0.472 e. The third-order valence-electron chi connectivity index (χ3n) is 5.27. The van der Waals surface area contributed by atoms with Gasteiger partial charge < -0.3 is 30.1 Å². The Morgan fingerprint density at radius 3 is 2.81 bits per heavy atom. The highest BCUT2D eigenvalue weighted by atomic mass is 16.5. The molecule has 0 saturated carbocycles. The number of pyridine rings is 1. The Kier molecular flexibility index (Phi) is 9.29. The number of likely N-dealkylation sites (N-methyl/N-ethyl adjacent to an activating group) is 1. The van der Waals surface area contributed by atoms with Crippen LogP contribution in [0.15, 0.2) is 12.3 Å². The average Bonchev–Trinajstić information content (AvgIpc) is 2.77. The highest BCUT2D eigenvalue weighted by Gasteiger charge is 2.34. The number of hydrogen-bond donors (Lipinski definition) is 3. The van der Waals surface area contributed by atoms with Crippen LogP contribution in [0.2, 0.25) is 0 Å². The normalized spacial score (nSPS) is 20.0. The molecule has 0 bridgehead atoms. The summed E-state index contributed by atoms with van der Waals surface area (Å²) in [4.78, 5) is 33.1. The molecule has 32 heavy (non-hydrogen) atoms. The predicted molar refractivity (Wildman–Crippen MR) is 120 cm³/mol. The molecule has 0 aromatic carbocycles. The van der Waals surface area contributed by atoms with Crippen molar-refractivity contribution in [1.82, 2.24) is 20.1 Å². The van der Waals surface area contributed by atoms with Crippen LogP contribution in [0.25, 0.3) is 0 Å². The van der Waals surface area contributed by atoms with Crippen LogP contribution in [-0.4, -0.2) is 88.5 Å². The van der Waals surface area contributed by atoms with Crippen molar-refractivity contribution < 1.29 is 24.5 Å². The number of aliphatic hydroxyl groups excluding tert-OH is 2. The van der Waals surface area contributed by atoms with E-state index in [0.29, 0.717) is 25.2 Å². The first kappa shape index (κ1) is 25.4. The van der Waals surface area contributed by atoms with Crippen LogP contribution in [0, 0.1) is 17.8 Å². The van der Waals surface area contributed by atoms with Crippen molar-refractivity contribution in [2.45, 2.75) is 52.4 Å². The lowest BCUT2D eigenvalue weighted by Crippen LogP contribution is -2.51. The second-order valence-electron chi connectivity index (χ2n) is 8.26. The highest BCUT2D eigenvalue weighted by Crippen LogP contribution is 2.27. The maximum Gasteiger partial charge on any atom is 0.317 e. The Balaban J connectivity index is 2.40. The molecule has 0 aliphatic carbocycles. The van der Waals surface area contributed by atoms with Gasteiger partial charge in [-0.15, -0.1) is 0 Å². The van der Waals surface area contributed by atoms with Crippen LogP contribution in [0.5, 0.6) is 5.88 Å². The van der Waals surface area contributed by atoms with Gasteiger partial charge in [-0.3, -0.25) is 4.79 Å². The number of hydrogen-bond acceptors (Lipinski definition) is 6. The van der Waals surface area contributed by atoms with Crippen molar-refractivity contribution in [2.24, 2.45) is 5.92 Å². The number of nitrogens with one attached hydrogen (secondary N) is 1. The number of rotatable bonds is 6. The maximum absolute atomic E-state index is 13.3. The summed E-state index contributed by atoms with van der Waals surface area (Å²) in [6, 6.07) is 0.981. The number of aliphatic hydroxyl groups is 2. The Hall–Kier alpha value is -2.83. The van der Waals surface area contributed by atoms with E-state index in [-0.39, 0.29) is 35.9 Å². The van der Waals surface area contributed by atoms with Gasteiger partial charge in [0.25, 0.3) is 5.91 Å². The van der Waals surface area contributed by atoms with E-state index in [1.807, 2.05) is 13.8 Å². The van der Waals surface area contributed by atoms with Gasteiger partial charge in [0.15, 0.2) is 0 Å². The van der Waals surface area contributed by atoms with Crippen molar-refractivity contribution >= 4 is 11.9 Å². The van der Waals surface area contributed by atoms with E-state index in [0.717, 1.165) is 6.42 Å². The smallest absolute Gasteiger partial charge is 0.317 e. The number of fused-ring (bicyclic) bond motifs is 1. The molecule has 176 valence electrons.